The molecule has 2 rings (SSSR count). The van der Waals surface area contributed by atoms with Crippen LogP contribution in [0, 0.1) is 0 Å². The van der Waals surface area contributed by atoms with Gasteiger partial charge in [-0.25, -0.2) is 0 Å². The fourth-order valence-corrected chi connectivity index (χ4v) is 2.01. The molecular formula is C14H19ClN2O. The van der Waals surface area contributed by atoms with Gasteiger partial charge in [0.05, 0.1) is 0 Å². The molecule has 0 saturated heterocycles. The Morgan fingerprint density at radius 1 is 1.44 bits per heavy atom. The molecule has 1 aliphatic rings. The number of rotatable bonds is 6. The molecule has 1 amide bonds. The van der Waals surface area contributed by atoms with Crippen molar-refractivity contribution in [2.24, 2.45) is 0 Å². The maximum absolute atomic E-state index is 11.6. The van der Waals surface area contributed by atoms with E-state index < -0.39 is 0 Å². The van der Waals surface area contributed by atoms with Crippen LogP contribution in [0.1, 0.15) is 24.8 Å². The van der Waals surface area contributed by atoms with Crippen molar-refractivity contribution in [1.29, 1.82) is 0 Å². The third-order valence-electron chi connectivity index (χ3n) is 3.06. The van der Waals surface area contributed by atoms with Gasteiger partial charge in [-0.2, -0.15) is 0 Å². The van der Waals surface area contributed by atoms with E-state index in [9.17, 15) is 4.79 Å². The molecule has 1 aromatic carbocycles. The van der Waals surface area contributed by atoms with E-state index in [4.69, 9.17) is 11.6 Å². The summed E-state index contributed by atoms with van der Waals surface area (Å²) < 4.78 is 0. The normalized spacial score (nSPS) is 14.8. The summed E-state index contributed by atoms with van der Waals surface area (Å²) in [7, 11) is 2.01. The lowest BCUT2D eigenvalue weighted by atomic mass is 10.2. The lowest BCUT2D eigenvalue weighted by Gasteiger charge is -2.17. The van der Waals surface area contributed by atoms with Gasteiger partial charge in [-0.05, 0) is 31.5 Å². The van der Waals surface area contributed by atoms with Crippen molar-refractivity contribution in [2.45, 2.75) is 31.8 Å². The van der Waals surface area contributed by atoms with Crippen molar-refractivity contribution in [1.82, 2.24) is 10.2 Å². The molecule has 18 heavy (non-hydrogen) atoms. The van der Waals surface area contributed by atoms with Gasteiger partial charge in [-0.3, -0.25) is 4.79 Å². The number of carbonyl (C=O) groups excluding carboxylic acids is 1. The maximum Gasteiger partial charge on any atom is 0.221 e. The van der Waals surface area contributed by atoms with E-state index in [2.05, 4.69) is 10.2 Å². The number of hydrogen-bond acceptors (Lipinski definition) is 2. The molecule has 1 aliphatic carbocycles. The van der Waals surface area contributed by atoms with Crippen molar-refractivity contribution in [3.8, 4) is 0 Å². The van der Waals surface area contributed by atoms with Crippen LogP contribution in [-0.4, -0.2) is 30.4 Å². The van der Waals surface area contributed by atoms with Gasteiger partial charge in [0.15, 0.2) is 0 Å². The van der Waals surface area contributed by atoms with Crippen LogP contribution < -0.4 is 5.32 Å². The predicted octanol–water partition coefficient (Wildman–Crippen LogP) is 2.44. The summed E-state index contributed by atoms with van der Waals surface area (Å²) >= 11 is 6.10. The number of hydrogen-bond donors (Lipinski definition) is 1. The average molecular weight is 267 g/mol. The second-order valence-corrected chi connectivity index (χ2v) is 5.33. The highest BCUT2D eigenvalue weighted by atomic mass is 35.5. The summed E-state index contributed by atoms with van der Waals surface area (Å²) in [6, 6.07) is 8.27. The monoisotopic (exact) mass is 266 g/mol. The molecule has 1 fully saturated rings. The Balaban J connectivity index is 1.72. The molecule has 0 unspecified atom stereocenters. The molecule has 0 aromatic heterocycles. The van der Waals surface area contributed by atoms with Crippen LogP contribution in [0.4, 0.5) is 0 Å². The number of nitrogens with one attached hydrogen (secondary N) is 1. The maximum atomic E-state index is 11.6. The lowest BCUT2D eigenvalue weighted by Crippen LogP contribution is -2.29. The average Bonchev–Trinajstić information content (AvgIpc) is 3.13. The third-order valence-corrected chi connectivity index (χ3v) is 3.43. The molecule has 98 valence electrons. The van der Waals surface area contributed by atoms with E-state index in [1.807, 2.05) is 31.3 Å². The van der Waals surface area contributed by atoms with Gasteiger partial charge in [0, 0.05) is 30.6 Å². The van der Waals surface area contributed by atoms with Crippen molar-refractivity contribution >= 4 is 17.5 Å². The van der Waals surface area contributed by atoms with Crippen LogP contribution in [0.2, 0.25) is 5.02 Å². The van der Waals surface area contributed by atoms with Crippen molar-refractivity contribution in [3.05, 3.63) is 34.9 Å². The van der Waals surface area contributed by atoms with Crippen molar-refractivity contribution < 1.29 is 4.79 Å². The minimum absolute atomic E-state index is 0.156. The van der Waals surface area contributed by atoms with E-state index in [1.54, 1.807) is 0 Å². The Kier molecular flexibility index (Phi) is 4.61. The van der Waals surface area contributed by atoms with Gasteiger partial charge in [0.2, 0.25) is 5.91 Å². The zero-order chi connectivity index (χ0) is 13.0. The minimum atomic E-state index is 0.156. The second-order valence-electron chi connectivity index (χ2n) is 4.92. The largest absolute Gasteiger partial charge is 0.353 e. The minimum Gasteiger partial charge on any atom is -0.353 e. The first-order valence-electron chi connectivity index (χ1n) is 6.36. The number of halogens is 1. The van der Waals surface area contributed by atoms with Gasteiger partial charge >= 0.3 is 0 Å². The van der Waals surface area contributed by atoms with Crippen molar-refractivity contribution in [3.63, 3.8) is 0 Å². The van der Waals surface area contributed by atoms with E-state index in [1.165, 1.54) is 0 Å². The Bertz CT molecular complexity index is 418. The molecule has 0 spiro atoms. The molecule has 4 heteroatoms. The van der Waals surface area contributed by atoms with E-state index in [0.29, 0.717) is 12.5 Å². The molecule has 0 radical (unpaired) electrons. The first kappa shape index (κ1) is 13.4. The first-order chi connectivity index (χ1) is 8.65. The van der Waals surface area contributed by atoms with E-state index >= 15 is 0 Å². The highest BCUT2D eigenvalue weighted by molar-refractivity contribution is 6.31. The van der Waals surface area contributed by atoms with Crippen LogP contribution in [0.25, 0.3) is 0 Å². The Labute approximate surface area is 113 Å². The molecule has 1 aromatic rings. The summed E-state index contributed by atoms with van der Waals surface area (Å²) in [5.74, 6) is 0.156. The van der Waals surface area contributed by atoms with Crippen molar-refractivity contribution in [2.75, 3.05) is 13.6 Å². The van der Waals surface area contributed by atoms with Crippen LogP contribution >= 0.6 is 11.6 Å². The predicted molar refractivity (Wildman–Crippen MR) is 73.6 cm³/mol. The molecule has 0 atom stereocenters. The quantitative estimate of drug-likeness (QED) is 0.858. The fraction of sp³-hybridized carbons (Fsp3) is 0.500. The van der Waals surface area contributed by atoms with Gasteiger partial charge in [0.25, 0.3) is 0 Å². The summed E-state index contributed by atoms with van der Waals surface area (Å²) in [4.78, 5) is 13.7. The van der Waals surface area contributed by atoms with Gasteiger partial charge in [-0.1, -0.05) is 29.8 Å². The summed E-state index contributed by atoms with van der Waals surface area (Å²) in [5.41, 5.74) is 1.10. The molecular weight excluding hydrogens is 248 g/mol. The van der Waals surface area contributed by atoms with E-state index in [-0.39, 0.29) is 5.91 Å². The Hall–Kier alpha value is -1.06. The van der Waals surface area contributed by atoms with Crippen LogP contribution in [0.3, 0.4) is 0 Å². The van der Waals surface area contributed by atoms with Gasteiger partial charge < -0.3 is 10.2 Å². The van der Waals surface area contributed by atoms with Gasteiger partial charge in [-0.15, -0.1) is 0 Å². The number of nitrogens with zero attached hydrogens (tertiary/aromatic N) is 1. The number of benzene rings is 1. The third kappa shape index (κ3) is 4.31. The summed E-state index contributed by atoms with van der Waals surface area (Å²) in [5, 5.41) is 3.78. The topological polar surface area (TPSA) is 32.3 Å². The molecule has 1 saturated carbocycles. The van der Waals surface area contributed by atoms with Gasteiger partial charge in [0.1, 0.15) is 0 Å². The molecule has 0 bridgehead atoms. The molecule has 0 heterocycles. The standard InChI is InChI=1S/C14H19ClN2O/c1-17(9-8-14(18)16-12-6-7-12)10-11-4-2-3-5-13(11)15/h2-5,12H,6-10H2,1H3,(H,16,18). The lowest BCUT2D eigenvalue weighted by molar-refractivity contribution is -0.121. The zero-order valence-corrected chi connectivity index (χ0v) is 11.4. The smallest absolute Gasteiger partial charge is 0.221 e. The molecule has 0 aliphatic heterocycles. The SMILES string of the molecule is CN(CCC(=O)NC1CC1)Cc1ccccc1Cl. The number of amides is 1. The molecule has 3 nitrogen and oxygen atoms in total. The fourth-order valence-electron chi connectivity index (χ4n) is 1.82. The second kappa shape index (κ2) is 6.21. The Morgan fingerprint density at radius 2 is 2.17 bits per heavy atom. The number of carbonyl (C=O) groups is 1. The highest BCUT2D eigenvalue weighted by Gasteiger charge is 2.22. The zero-order valence-electron chi connectivity index (χ0n) is 10.7. The van der Waals surface area contributed by atoms with Crippen LogP contribution in [-0.2, 0) is 11.3 Å². The highest BCUT2D eigenvalue weighted by Crippen LogP contribution is 2.19. The summed E-state index contributed by atoms with van der Waals surface area (Å²) in [6.07, 6.45) is 2.83. The Morgan fingerprint density at radius 3 is 2.83 bits per heavy atom. The van der Waals surface area contributed by atoms with Crippen LogP contribution in [0.15, 0.2) is 24.3 Å². The summed E-state index contributed by atoms with van der Waals surface area (Å²) in [6.45, 7) is 1.53. The first-order valence-corrected chi connectivity index (χ1v) is 6.74. The van der Waals surface area contributed by atoms with E-state index in [0.717, 1.165) is 36.5 Å². The molecule has 1 N–H and O–H groups in total. The van der Waals surface area contributed by atoms with Crippen LogP contribution in [0.5, 0.6) is 0 Å².